The van der Waals surface area contributed by atoms with Crippen molar-refractivity contribution in [2.75, 3.05) is 11.5 Å². The molecule has 0 amide bonds. The van der Waals surface area contributed by atoms with Gasteiger partial charge in [-0.2, -0.15) is 0 Å². The first-order valence-electron chi connectivity index (χ1n) is 7.59. The first-order valence-corrected chi connectivity index (χ1v) is 9.30. The maximum Gasteiger partial charge on any atom is -0.00462 e. The Labute approximate surface area is 120 Å². The van der Waals surface area contributed by atoms with Gasteiger partial charge in [0.15, 0.2) is 0 Å². The number of hydrogen-bond acceptors (Lipinski definition) is 0. The molecule has 0 spiro atoms. The predicted octanol–water partition coefficient (Wildman–Crippen LogP) is 5.80. The van der Waals surface area contributed by atoms with Crippen molar-refractivity contribution in [2.45, 2.75) is 44.4 Å². The smallest absolute Gasteiger partial charge is 0.00462 e. The van der Waals surface area contributed by atoms with E-state index in [1.54, 1.807) is 4.90 Å². The average Bonchev–Trinajstić information content (AvgIpc) is 2.47. The quantitative estimate of drug-likeness (QED) is 0.606. The highest BCUT2D eigenvalue weighted by Crippen LogP contribution is 2.42. The number of benzene rings is 2. The van der Waals surface area contributed by atoms with E-state index in [9.17, 15) is 0 Å². The number of fused-ring (bicyclic) bond motifs is 1. The highest BCUT2D eigenvalue weighted by molar-refractivity contribution is 8.17. The molecule has 0 aliphatic rings. The minimum absolute atomic E-state index is 0.0327. The number of unbranched alkanes of at least 4 members (excludes halogenated alkanes) is 2. The van der Waals surface area contributed by atoms with Crippen LogP contribution in [0.3, 0.4) is 0 Å². The largest absolute Gasteiger partial charge is 0.226 e. The number of rotatable bonds is 7. The fourth-order valence-corrected chi connectivity index (χ4v) is 5.48. The third-order valence-electron chi connectivity index (χ3n) is 3.67. The molecule has 19 heavy (non-hydrogen) atoms. The molecule has 0 unspecified atom stereocenters. The second-order valence-electron chi connectivity index (χ2n) is 5.19. The van der Waals surface area contributed by atoms with Gasteiger partial charge in [0.2, 0.25) is 0 Å². The first kappa shape index (κ1) is 14.5. The summed E-state index contributed by atoms with van der Waals surface area (Å²) in [5.41, 5.74) is 0. The zero-order valence-corrected chi connectivity index (χ0v) is 13.1. The van der Waals surface area contributed by atoms with E-state index in [0.717, 1.165) is 0 Å². The lowest BCUT2D eigenvalue weighted by atomic mass is 10.1. The fourth-order valence-electron chi connectivity index (χ4n) is 2.53. The molecule has 0 aromatic heterocycles. The van der Waals surface area contributed by atoms with Crippen LogP contribution in [-0.4, -0.2) is 11.5 Å². The van der Waals surface area contributed by atoms with E-state index in [2.05, 4.69) is 56.3 Å². The Kier molecular flexibility index (Phi) is 5.78. The van der Waals surface area contributed by atoms with Gasteiger partial charge in [0, 0.05) is 0 Å². The Morgan fingerprint density at radius 1 is 0.789 bits per heavy atom. The molecule has 0 fully saturated rings. The van der Waals surface area contributed by atoms with Gasteiger partial charge in [-0.05, 0) is 46.1 Å². The van der Waals surface area contributed by atoms with Crippen molar-refractivity contribution < 1.29 is 0 Å². The van der Waals surface area contributed by atoms with Crippen molar-refractivity contribution in [2.24, 2.45) is 0 Å². The summed E-state index contributed by atoms with van der Waals surface area (Å²) in [5.74, 6) is 2.81. The van der Waals surface area contributed by atoms with Crippen molar-refractivity contribution in [3.8, 4) is 0 Å². The van der Waals surface area contributed by atoms with E-state index in [0.29, 0.717) is 0 Å². The molecule has 0 saturated carbocycles. The van der Waals surface area contributed by atoms with Crippen LogP contribution in [-0.2, 0) is 0 Å². The third-order valence-corrected chi connectivity index (χ3v) is 6.45. The van der Waals surface area contributed by atoms with Gasteiger partial charge < -0.3 is 0 Å². The van der Waals surface area contributed by atoms with Crippen LogP contribution in [0.25, 0.3) is 10.8 Å². The molecule has 0 N–H and O–H groups in total. The molecule has 2 aromatic rings. The third kappa shape index (κ3) is 3.76. The molecule has 0 radical (unpaired) electrons. The normalized spacial score (nSPS) is 11.8. The Morgan fingerprint density at radius 3 is 2.11 bits per heavy atom. The molecular formula is C18H26S. The Balaban J connectivity index is 2.31. The summed E-state index contributed by atoms with van der Waals surface area (Å²) < 4.78 is 0. The SMILES string of the molecule is CCCC[SH](CCCC)c1cccc2ccccc12. The van der Waals surface area contributed by atoms with Crippen LogP contribution in [0.2, 0.25) is 0 Å². The zero-order valence-electron chi connectivity index (χ0n) is 12.2. The summed E-state index contributed by atoms with van der Waals surface area (Å²) in [7, 11) is 0.0327. The van der Waals surface area contributed by atoms with Gasteiger partial charge in [-0.3, -0.25) is 0 Å². The van der Waals surface area contributed by atoms with E-state index in [1.165, 1.54) is 48.0 Å². The van der Waals surface area contributed by atoms with Gasteiger partial charge >= 0.3 is 0 Å². The van der Waals surface area contributed by atoms with Crippen LogP contribution in [0, 0.1) is 0 Å². The minimum atomic E-state index is 0.0327. The van der Waals surface area contributed by atoms with E-state index in [-0.39, 0.29) is 10.9 Å². The minimum Gasteiger partial charge on any atom is -0.226 e. The van der Waals surface area contributed by atoms with Gasteiger partial charge in [0.1, 0.15) is 0 Å². The van der Waals surface area contributed by atoms with Crippen LogP contribution in [0.4, 0.5) is 0 Å². The summed E-state index contributed by atoms with van der Waals surface area (Å²) in [6.07, 6.45) is 5.38. The predicted molar refractivity (Wildman–Crippen MR) is 90.8 cm³/mol. The molecule has 104 valence electrons. The molecular weight excluding hydrogens is 248 g/mol. The van der Waals surface area contributed by atoms with Gasteiger partial charge in [0.25, 0.3) is 0 Å². The van der Waals surface area contributed by atoms with Crippen LogP contribution in [0.1, 0.15) is 39.5 Å². The van der Waals surface area contributed by atoms with Crippen LogP contribution in [0.15, 0.2) is 47.4 Å². The van der Waals surface area contributed by atoms with Crippen LogP contribution >= 0.6 is 10.9 Å². The standard InChI is InChI=1S/C18H26S/c1-3-5-14-19(15-6-4-2)18-13-9-11-16-10-7-8-12-17(16)18/h7-13,19H,3-6,14-15H2,1-2H3. The van der Waals surface area contributed by atoms with Gasteiger partial charge in [-0.25, -0.2) is 10.9 Å². The van der Waals surface area contributed by atoms with Crippen molar-refractivity contribution in [1.82, 2.24) is 0 Å². The van der Waals surface area contributed by atoms with Crippen LogP contribution < -0.4 is 0 Å². The maximum absolute atomic E-state index is 2.37. The molecule has 0 heterocycles. The van der Waals surface area contributed by atoms with Gasteiger partial charge in [-0.1, -0.05) is 63.1 Å². The van der Waals surface area contributed by atoms with E-state index in [1.807, 2.05) is 0 Å². The van der Waals surface area contributed by atoms with E-state index < -0.39 is 0 Å². The molecule has 0 bridgehead atoms. The second-order valence-corrected chi connectivity index (χ2v) is 7.65. The lowest BCUT2D eigenvalue weighted by Gasteiger charge is -2.23. The highest BCUT2D eigenvalue weighted by Gasteiger charge is 2.09. The second kappa shape index (κ2) is 7.59. The maximum atomic E-state index is 2.37. The Morgan fingerprint density at radius 2 is 1.42 bits per heavy atom. The summed E-state index contributed by atoms with van der Waals surface area (Å²) in [6, 6.07) is 15.7. The monoisotopic (exact) mass is 274 g/mol. The summed E-state index contributed by atoms with van der Waals surface area (Å²) in [4.78, 5) is 1.63. The lowest BCUT2D eigenvalue weighted by Crippen LogP contribution is -1.97. The van der Waals surface area contributed by atoms with Crippen molar-refractivity contribution in [3.05, 3.63) is 42.5 Å². The number of hydrogen-bond donors (Lipinski definition) is 1. The zero-order chi connectivity index (χ0) is 13.5. The molecule has 2 aromatic carbocycles. The molecule has 2 rings (SSSR count). The number of thiol groups is 1. The fraction of sp³-hybridized carbons (Fsp3) is 0.444. The summed E-state index contributed by atoms with van der Waals surface area (Å²) in [6.45, 7) is 4.60. The summed E-state index contributed by atoms with van der Waals surface area (Å²) in [5, 5.41) is 2.89. The molecule has 0 saturated heterocycles. The molecule has 0 nitrogen and oxygen atoms in total. The lowest BCUT2D eigenvalue weighted by molar-refractivity contribution is 0.873. The van der Waals surface area contributed by atoms with E-state index in [4.69, 9.17) is 0 Å². The molecule has 0 aliphatic carbocycles. The summed E-state index contributed by atoms with van der Waals surface area (Å²) >= 11 is 0. The molecule has 0 atom stereocenters. The van der Waals surface area contributed by atoms with Crippen molar-refractivity contribution >= 4 is 21.7 Å². The van der Waals surface area contributed by atoms with Crippen molar-refractivity contribution in [1.29, 1.82) is 0 Å². The van der Waals surface area contributed by atoms with Gasteiger partial charge in [-0.15, -0.1) is 0 Å². The molecule has 0 aliphatic heterocycles. The average molecular weight is 274 g/mol. The highest BCUT2D eigenvalue weighted by atomic mass is 32.2. The van der Waals surface area contributed by atoms with Crippen LogP contribution in [0.5, 0.6) is 0 Å². The first-order chi connectivity index (χ1) is 9.36. The Bertz CT molecular complexity index is 491. The van der Waals surface area contributed by atoms with Crippen molar-refractivity contribution in [3.63, 3.8) is 0 Å². The Hall–Kier alpha value is -0.950. The topological polar surface area (TPSA) is 0 Å². The molecule has 1 heteroatoms. The van der Waals surface area contributed by atoms with E-state index >= 15 is 0 Å². The van der Waals surface area contributed by atoms with Gasteiger partial charge in [0.05, 0.1) is 0 Å².